The van der Waals surface area contributed by atoms with Gasteiger partial charge in [0.15, 0.2) is 0 Å². The van der Waals surface area contributed by atoms with E-state index >= 15 is 0 Å². The number of methoxy groups -OCH3 is 1. The van der Waals surface area contributed by atoms with Crippen LogP contribution < -0.4 is 10.5 Å². The highest BCUT2D eigenvalue weighted by molar-refractivity contribution is 5.43. The van der Waals surface area contributed by atoms with Gasteiger partial charge in [0, 0.05) is 11.7 Å². The molecule has 0 spiro atoms. The van der Waals surface area contributed by atoms with Gasteiger partial charge in [-0.25, -0.2) is 0 Å². The zero-order valence-electron chi connectivity index (χ0n) is 6.22. The molecule has 2 N–H and O–H groups in total. The van der Waals surface area contributed by atoms with Crippen LogP contribution in [0.3, 0.4) is 0 Å². The molecule has 0 heterocycles. The van der Waals surface area contributed by atoms with E-state index in [1.54, 1.807) is 18.2 Å². The van der Waals surface area contributed by atoms with Gasteiger partial charge >= 0.3 is 0 Å². The summed E-state index contributed by atoms with van der Waals surface area (Å²) in [5.41, 5.74) is 5.87. The van der Waals surface area contributed by atoms with E-state index in [1.807, 2.05) is 0 Å². The van der Waals surface area contributed by atoms with Crippen LogP contribution in [0.4, 0.5) is 5.69 Å². The minimum Gasteiger partial charge on any atom is -0.497 e. The van der Waals surface area contributed by atoms with E-state index in [0.29, 0.717) is 11.4 Å². The first-order chi connectivity index (χ1) is 4.75. The number of anilines is 1. The maximum atomic E-state index is 7.35. The Hall–Kier alpha value is -1.18. The summed E-state index contributed by atoms with van der Waals surface area (Å²) in [7, 11) is 1.52. The predicted molar refractivity (Wildman–Crippen MR) is 37.4 cm³/mol. The molecular weight excluding hydrogens is 114 g/mol. The lowest BCUT2D eigenvalue weighted by Gasteiger charge is -1.97. The number of hydrogen-bond acceptors (Lipinski definition) is 2. The van der Waals surface area contributed by atoms with Crippen LogP contribution in [0.1, 0.15) is 1.37 Å². The first kappa shape index (κ1) is 4.68. The van der Waals surface area contributed by atoms with E-state index in [9.17, 15) is 0 Å². The second-order valence-electron chi connectivity index (χ2n) is 1.67. The van der Waals surface area contributed by atoms with Crippen LogP contribution in [0.5, 0.6) is 5.75 Å². The fraction of sp³-hybridized carbons (Fsp3) is 0.143. The second-order valence-corrected chi connectivity index (χ2v) is 1.67. The number of nitrogen functional groups attached to an aromatic ring is 1. The molecule has 0 saturated heterocycles. The molecule has 0 radical (unpaired) electrons. The molecule has 1 rings (SSSR count). The summed E-state index contributed by atoms with van der Waals surface area (Å²) in [6, 6.07) is 5.39. The van der Waals surface area contributed by atoms with Gasteiger partial charge < -0.3 is 10.5 Å². The Labute approximate surface area is 55.7 Å². The van der Waals surface area contributed by atoms with E-state index in [4.69, 9.17) is 11.8 Å². The molecule has 0 aliphatic carbocycles. The summed E-state index contributed by atoms with van der Waals surface area (Å²) in [4.78, 5) is 0. The molecule has 0 aromatic heterocycles. The molecule has 0 aliphatic heterocycles. The van der Waals surface area contributed by atoms with Crippen molar-refractivity contribution >= 4 is 5.69 Å². The van der Waals surface area contributed by atoms with Crippen molar-refractivity contribution in [3.63, 3.8) is 0 Å². The van der Waals surface area contributed by atoms with Crippen molar-refractivity contribution in [1.82, 2.24) is 0 Å². The molecule has 0 aliphatic rings. The summed E-state index contributed by atoms with van der Waals surface area (Å²) < 4.78 is 12.2. The standard InChI is InChI=1S/C7H9NO/c1-9-7-4-2-3-6(8)5-7/h2-5H,8H2,1H3/i5D. The van der Waals surface area contributed by atoms with E-state index in [0.717, 1.165) is 0 Å². The third-order valence-corrected chi connectivity index (χ3v) is 1.01. The van der Waals surface area contributed by atoms with Crippen molar-refractivity contribution in [2.75, 3.05) is 12.8 Å². The average Bonchev–Trinajstić information content (AvgIpc) is 1.95. The molecule has 9 heavy (non-hydrogen) atoms. The number of ether oxygens (including phenoxy) is 1. The molecule has 1 aromatic carbocycles. The van der Waals surface area contributed by atoms with E-state index in [2.05, 4.69) is 0 Å². The second kappa shape index (κ2) is 2.40. The Bertz CT molecular complexity index is 237. The molecule has 0 fully saturated rings. The fourth-order valence-corrected chi connectivity index (χ4v) is 0.584. The highest BCUT2D eigenvalue weighted by atomic mass is 16.5. The van der Waals surface area contributed by atoms with Crippen LogP contribution in [0, 0.1) is 0 Å². The minimum atomic E-state index is 0.255. The minimum absolute atomic E-state index is 0.255. The average molecular weight is 124 g/mol. The highest BCUT2D eigenvalue weighted by Gasteiger charge is 1.87. The molecular formula is C7H9NO. The smallest absolute Gasteiger partial charge is 0.120 e. The van der Waals surface area contributed by atoms with Crippen molar-refractivity contribution in [1.29, 1.82) is 0 Å². The van der Waals surface area contributed by atoms with Crippen LogP contribution >= 0.6 is 0 Å². The largest absolute Gasteiger partial charge is 0.497 e. The van der Waals surface area contributed by atoms with E-state index in [1.165, 1.54) is 7.11 Å². The zero-order chi connectivity index (χ0) is 7.56. The normalized spacial score (nSPS) is 10.6. The van der Waals surface area contributed by atoms with Crippen molar-refractivity contribution in [2.45, 2.75) is 0 Å². The Morgan fingerprint density at radius 1 is 1.67 bits per heavy atom. The molecule has 1 aromatic rings. The maximum Gasteiger partial charge on any atom is 0.120 e. The Balaban J connectivity index is 3.14. The van der Waals surface area contributed by atoms with Gasteiger partial charge in [0.1, 0.15) is 5.75 Å². The van der Waals surface area contributed by atoms with Crippen LogP contribution in [-0.4, -0.2) is 7.11 Å². The number of benzene rings is 1. The van der Waals surface area contributed by atoms with E-state index in [-0.39, 0.29) is 6.04 Å². The summed E-state index contributed by atoms with van der Waals surface area (Å²) in [6.45, 7) is 0. The molecule has 2 heteroatoms. The van der Waals surface area contributed by atoms with Crippen LogP contribution in [0.25, 0.3) is 0 Å². The molecule has 48 valence electrons. The van der Waals surface area contributed by atoms with Gasteiger partial charge in [-0.1, -0.05) is 6.07 Å². The van der Waals surface area contributed by atoms with Gasteiger partial charge in [0.25, 0.3) is 0 Å². The monoisotopic (exact) mass is 124 g/mol. The summed E-state index contributed by atoms with van der Waals surface area (Å²) in [5.74, 6) is 0.514. The molecule has 0 bridgehead atoms. The lowest BCUT2D eigenvalue weighted by atomic mass is 10.3. The Kier molecular flexibility index (Phi) is 1.24. The van der Waals surface area contributed by atoms with Crippen molar-refractivity contribution in [3.8, 4) is 5.75 Å². The predicted octanol–water partition coefficient (Wildman–Crippen LogP) is 1.28. The van der Waals surface area contributed by atoms with Crippen molar-refractivity contribution in [2.24, 2.45) is 0 Å². The first-order valence-corrected chi connectivity index (χ1v) is 2.65. The third-order valence-electron chi connectivity index (χ3n) is 1.01. The summed E-state index contributed by atoms with van der Waals surface area (Å²) in [6.07, 6.45) is 0. The van der Waals surface area contributed by atoms with Crippen LogP contribution in [0.15, 0.2) is 24.2 Å². The fourth-order valence-electron chi connectivity index (χ4n) is 0.584. The third kappa shape index (κ3) is 1.35. The molecule has 2 nitrogen and oxygen atoms in total. The Morgan fingerprint density at radius 3 is 3.00 bits per heavy atom. The topological polar surface area (TPSA) is 35.2 Å². The number of hydrogen-bond donors (Lipinski definition) is 1. The van der Waals surface area contributed by atoms with Gasteiger partial charge in [-0.15, -0.1) is 0 Å². The Morgan fingerprint density at radius 2 is 2.44 bits per heavy atom. The summed E-state index contributed by atoms with van der Waals surface area (Å²) in [5, 5.41) is 0. The number of nitrogens with two attached hydrogens (primary N) is 1. The van der Waals surface area contributed by atoms with Gasteiger partial charge in [-0.2, -0.15) is 0 Å². The van der Waals surface area contributed by atoms with E-state index < -0.39 is 0 Å². The SMILES string of the molecule is [2H]c1c(N)cccc1OC. The van der Waals surface area contributed by atoms with Crippen molar-refractivity contribution < 1.29 is 6.11 Å². The van der Waals surface area contributed by atoms with Crippen molar-refractivity contribution in [3.05, 3.63) is 24.2 Å². The zero-order valence-corrected chi connectivity index (χ0v) is 5.22. The number of rotatable bonds is 1. The van der Waals surface area contributed by atoms with Crippen LogP contribution in [-0.2, 0) is 0 Å². The van der Waals surface area contributed by atoms with Gasteiger partial charge in [0.05, 0.1) is 8.48 Å². The molecule has 0 atom stereocenters. The molecule has 0 unspecified atom stereocenters. The lowest BCUT2D eigenvalue weighted by Crippen LogP contribution is -1.86. The quantitative estimate of drug-likeness (QED) is 0.572. The maximum absolute atomic E-state index is 7.35. The molecule has 0 amide bonds. The van der Waals surface area contributed by atoms with Gasteiger partial charge in [-0.05, 0) is 12.1 Å². The molecule has 0 saturated carbocycles. The summed E-state index contributed by atoms with van der Waals surface area (Å²) >= 11 is 0. The van der Waals surface area contributed by atoms with Crippen LogP contribution in [0.2, 0.25) is 0 Å². The highest BCUT2D eigenvalue weighted by Crippen LogP contribution is 2.12. The van der Waals surface area contributed by atoms with Gasteiger partial charge in [-0.3, -0.25) is 0 Å². The lowest BCUT2D eigenvalue weighted by molar-refractivity contribution is 0.415. The van der Waals surface area contributed by atoms with Gasteiger partial charge in [0.2, 0.25) is 0 Å². The first-order valence-electron chi connectivity index (χ1n) is 3.15.